The molecule has 6 rings (SSSR count). The van der Waals surface area contributed by atoms with Crippen LogP contribution in [0.2, 0.25) is 0 Å². The fourth-order valence-corrected chi connectivity index (χ4v) is 5.82. The van der Waals surface area contributed by atoms with E-state index in [1.807, 2.05) is 30.6 Å². The number of piperidine rings is 1. The summed E-state index contributed by atoms with van der Waals surface area (Å²) in [6.45, 7) is 2.12. The van der Waals surface area contributed by atoms with Gasteiger partial charge in [-0.25, -0.2) is 0 Å². The zero-order valence-electron chi connectivity index (χ0n) is 19.6. The summed E-state index contributed by atoms with van der Waals surface area (Å²) in [7, 11) is 0. The van der Waals surface area contributed by atoms with Crippen LogP contribution in [0.25, 0.3) is 22.4 Å². The number of hydrogen-bond acceptors (Lipinski definition) is 5. The number of carbonyl (C=O) groups is 1. The Labute approximate surface area is 200 Å². The highest BCUT2D eigenvalue weighted by Crippen LogP contribution is 2.37. The molecule has 6 heteroatoms. The van der Waals surface area contributed by atoms with Gasteiger partial charge < -0.3 is 10.1 Å². The van der Waals surface area contributed by atoms with Crippen molar-refractivity contribution >= 4 is 5.78 Å². The van der Waals surface area contributed by atoms with Crippen LogP contribution in [-0.4, -0.2) is 45.8 Å². The van der Waals surface area contributed by atoms with Crippen LogP contribution in [0, 0.1) is 0 Å². The Kier molecular flexibility index (Phi) is 6.02. The normalized spacial score (nSPS) is 23.2. The maximum absolute atomic E-state index is 12.1. The average Bonchev–Trinajstić information content (AvgIpc) is 3.49. The highest BCUT2D eigenvalue weighted by molar-refractivity contribution is 6.01. The number of aryl methyl sites for hydroxylation is 1. The van der Waals surface area contributed by atoms with Gasteiger partial charge in [0.05, 0.1) is 18.2 Å². The fraction of sp³-hybridized carbons (Fsp3) is 0.464. The number of rotatable bonds is 5. The molecule has 2 aliphatic carbocycles. The van der Waals surface area contributed by atoms with E-state index in [9.17, 15) is 4.79 Å². The zero-order valence-corrected chi connectivity index (χ0v) is 19.6. The van der Waals surface area contributed by atoms with Crippen molar-refractivity contribution in [1.82, 2.24) is 20.1 Å². The van der Waals surface area contributed by atoms with E-state index in [2.05, 4.69) is 33.3 Å². The summed E-state index contributed by atoms with van der Waals surface area (Å²) < 4.78 is 8.71. The Hall–Kier alpha value is -2.83. The Bertz CT molecular complexity index is 1170. The number of ether oxygens (including phenoxy) is 1. The van der Waals surface area contributed by atoms with Gasteiger partial charge in [-0.1, -0.05) is 18.2 Å². The molecule has 1 aliphatic heterocycles. The van der Waals surface area contributed by atoms with E-state index in [1.165, 1.54) is 6.42 Å². The van der Waals surface area contributed by atoms with Crippen molar-refractivity contribution < 1.29 is 9.53 Å². The number of nitrogens with one attached hydrogen (secondary N) is 1. The van der Waals surface area contributed by atoms with Crippen LogP contribution in [-0.2, 0) is 11.2 Å². The molecule has 3 aromatic rings. The van der Waals surface area contributed by atoms with E-state index < -0.39 is 0 Å². The lowest BCUT2D eigenvalue weighted by Crippen LogP contribution is -2.36. The average molecular weight is 457 g/mol. The summed E-state index contributed by atoms with van der Waals surface area (Å²) in [5.41, 5.74) is 6.34. The molecular formula is C28H32N4O2. The molecule has 1 aromatic carbocycles. The molecule has 34 heavy (non-hydrogen) atoms. The van der Waals surface area contributed by atoms with Crippen molar-refractivity contribution in [3.8, 4) is 22.4 Å². The number of carbonyl (C=O) groups excluding carboxylic acids is 1. The van der Waals surface area contributed by atoms with E-state index in [1.54, 1.807) is 0 Å². The summed E-state index contributed by atoms with van der Waals surface area (Å²) >= 11 is 0. The molecular weight excluding hydrogens is 424 g/mol. The summed E-state index contributed by atoms with van der Waals surface area (Å²) in [6, 6.07) is 10.7. The number of Topliss-reactive ketones (excluding diaryl/α,β-unsaturated/α-hetero) is 1. The van der Waals surface area contributed by atoms with Crippen LogP contribution >= 0.6 is 0 Å². The van der Waals surface area contributed by atoms with Crippen molar-refractivity contribution in [2.75, 3.05) is 13.1 Å². The minimum absolute atomic E-state index is 0.258. The van der Waals surface area contributed by atoms with Gasteiger partial charge in [-0.05, 0) is 81.3 Å². The number of nitrogens with zero attached hydrogens (tertiary/aromatic N) is 3. The summed E-state index contributed by atoms with van der Waals surface area (Å²) in [5, 5.41) is 8.55. The van der Waals surface area contributed by atoms with E-state index in [0.29, 0.717) is 24.7 Å². The first kappa shape index (κ1) is 21.7. The minimum Gasteiger partial charge on any atom is -0.375 e. The van der Waals surface area contributed by atoms with Gasteiger partial charge in [0.25, 0.3) is 0 Å². The van der Waals surface area contributed by atoms with Gasteiger partial charge >= 0.3 is 0 Å². The molecule has 0 bridgehead atoms. The number of benzene rings is 1. The molecule has 1 saturated carbocycles. The van der Waals surface area contributed by atoms with Crippen LogP contribution in [0.15, 0.2) is 48.9 Å². The second-order valence-corrected chi connectivity index (χ2v) is 9.93. The summed E-state index contributed by atoms with van der Waals surface area (Å²) in [5.74, 6) is 0.258. The van der Waals surface area contributed by atoms with Crippen LogP contribution in [0.1, 0.15) is 66.9 Å². The molecule has 1 N–H and O–H groups in total. The molecule has 3 aliphatic rings. The zero-order chi connectivity index (χ0) is 22.9. The predicted molar refractivity (Wildman–Crippen MR) is 132 cm³/mol. The Morgan fingerprint density at radius 3 is 2.62 bits per heavy atom. The SMILES string of the molecule is O=C1CCc2cc(-c3cn([C@@H]4CCC[C@H](OC5CCNCC5)C4)nc3-c3ccncc3)ccc21. The van der Waals surface area contributed by atoms with Crippen molar-refractivity contribution in [1.29, 1.82) is 0 Å². The largest absolute Gasteiger partial charge is 0.375 e. The summed E-state index contributed by atoms with van der Waals surface area (Å²) in [6.07, 6.45) is 14.7. The van der Waals surface area contributed by atoms with Crippen LogP contribution in [0.3, 0.4) is 0 Å². The first-order valence-electron chi connectivity index (χ1n) is 12.8. The second kappa shape index (κ2) is 9.43. The smallest absolute Gasteiger partial charge is 0.163 e. The van der Waals surface area contributed by atoms with E-state index >= 15 is 0 Å². The molecule has 2 aromatic heterocycles. The quantitative estimate of drug-likeness (QED) is 0.586. The van der Waals surface area contributed by atoms with Gasteiger partial charge in [-0.2, -0.15) is 5.10 Å². The monoisotopic (exact) mass is 456 g/mol. The van der Waals surface area contributed by atoms with Crippen molar-refractivity contribution in [2.45, 2.75) is 69.6 Å². The van der Waals surface area contributed by atoms with Gasteiger partial charge in [0, 0.05) is 41.7 Å². The van der Waals surface area contributed by atoms with Crippen LogP contribution in [0.4, 0.5) is 0 Å². The maximum atomic E-state index is 12.1. The Morgan fingerprint density at radius 1 is 0.912 bits per heavy atom. The lowest BCUT2D eigenvalue weighted by atomic mass is 9.92. The summed E-state index contributed by atoms with van der Waals surface area (Å²) in [4.78, 5) is 16.3. The standard InChI is InChI=1S/C28H32N4O2/c33-27-7-5-20-16-21(4-6-25(20)27)26-18-32(31-28(26)19-8-12-29-13-9-19)22-2-1-3-24(17-22)34-23-10-14-30-15-11-23/h4,6,8-9,12-13,16,18,22-24,30H,1-3,5,7,10-11,14-15,17H2/t22-,24+/m1/s1. The molecule has 1 saturated heterocycles. The van der Waals surface area contributed by atoms with Crippen LogP contribution < -0.4 is 5.32 Å². The third kappa shape index (κ3) is 4.32. The second-order valence-electron chi connectivity index (χ2n) is 9.93. The van der Waals surface area contributed by atoms with Gasteiger partial charge in [0.1, 0.15) is 5.69 Å². The molecule has 2 fully saturated rings. The molecule has 2 atom stereocenters. The number of ketones is 1. The van der Waals surface area contributed by atoms with E-state index in [-0.39, 0.29) is 5.78 Å². The first-order valence-corrected chi connectivity index (χ1v) is 12.8. The Balaban J connectivity index is 1.31. The number of hydrogen-bond donors (Lipinski definition) is 1. The molecule has 0 unspecified atom stereocenters. The molecule has 3 heterocycles. The van der Waals surface area contributed by atoms with E-state index in [4.69, 9.17) is 9.84 Å². The first-order chi connectivity index (χ1) is 16.7. The molecule has 6 nitrogen and oxygen atoms in total. The maximum Gasteiger partial charge on any atom is 0.163 e. The number of pyridine rings is 1. The minimum atomic E-state index is 0.258. The van der Waals surface area contributed by atoms with Gasteiger partial charge in [0.2, 0.25) is 0 Å². The number of aromatic nitrogens is 3. The highest BCUT2D eigenvalue weighted by atomic mass is 16.5. The van der Waals surface area contributed by atoms with Gasteiger partial charge in [-0.15, -0.1) is 0 Å². The molecule has 0 amide bonds. The fourth-order valence-electron chi connectivity index (χ4n) is 5.82. The van der Waals surface area contributed by atoms with Gasteiger partial charge in [0.15, 0.2) is 5.78 Å². The number of fused-ring (bicyclic) bond motifs is 1. The van der Waals surface area contributed by atoms with Crippen LogP contribution in [0.5, 0.6) is 0 Å². The van der Waals surface area contributed by atoms with Crippen molar-refractivity contribution in [3.05, 3.63) is 60.0 Å². The topological polar surface area (TPSA) is 69.0 Å². The lowest BCUT2D eigenvalue weighted by molar-refractivity contribution is -0.0509. The molecule has 176 valence electrons. The third-order valence-electron chi connectivity index (χ3n) is 7.67. The third-order valence-corrected chi connectivity index (χ3v) is 7.67. The Morgan fingerprint density at radius 2 is 1.76 bits per heavy atom. The van der Waals surface area contributed by atoms with Crippen molar-refractivity contribution in [2.24, 2.45) is 0 Å². The van der Waals surface area contributed by atoms with Crippen molar-refractivity contribution in [3.63, 3.8) is 0 Å². The lowest BCUT2D eigenvalue weighted by Gasteiger charge is -2.33. The van der Waals surface area contributed by atoms with E-state index in [0.717, 1.165) is 85.1 Å². The van der Waals surface area contributed by atoms with Gasteiger partial charge in [-0.3, -0.25) is 14.5 Å². The predicted octanol–water partition coefficient (Wildman–Crippen LogP) is 4.99. The highest BCUT2D eigenvalue weighted by Gasteiger charge is 2.29. The molecule has 0 radical (unpaired) electrons. The molecule has 0 spiro atoms.